The van der Waals surface area contributed by atoms with Gasteiger partial charge in [-0.15, -0.1) is 0 Å². The summed E-state index contributed by atoms with van der Waals surface area (Å²) in [4.78, 5) is 0. The Kier molecular flexibility index (Phi) is 4.13. The lowest BCUT2D eigenvalue weighted by Gasteiger charge is -2.11. The van der Waals surface area contributed by atoms with E-state index >= 15 is 0 Å². The summed E-state index contributed by atoms with van der Waals surface area (Å²) in [5.41, 5.74) is 0. The van der Waals surface area contributed by atoms with Crippen molar-refractivity contribution in [3.63, 3.8) is 0 Å². The van der Waals surface area contributed by atoms with Gasteiger partial charge in [0, 0.05) is 6.61 Å². The number of hydrogen-bond acceptors (Lipinski definition) is 2. The molecule has 0 saturated carbocycles. The van der Waals surface area contributed by atoms with Crippen LogP contribution in [0.1, 0.15) is 6.92 Å². The first-order valence-corrected chi connectivity index (χ1v) is 5.95. The molecule has 1 atom stereocenters. The zero-order valence-corrected chi connectivity index (χ0v) is 6.87. The fraction of sp³-hybridized carbons (Fsp3) is 1.00. The Balaban J connectivity index is 3.17. The maximum Gasteiger partial charge on any atom is 0.134 e. The number of hydrogen-bond donors (Lipinski definition) is 1. The van der Waals surface area contributed by atoms with E-state index in [0.717, 1.165) is 0 Å². The van der Waals surface area contributed by atoms with E-state index in [-0.39, 0.29) is 0 Å². The van der Waals surface area contributed by atoms with Crippen molar-refractivity contribution in [2.45, 2.75) is 25.9 Å². The summed E-state index contributed by atoms with van der Waals surface area (Å²) in [5.74, 6) is -0.444. The zero-order chi connectivity index (χ0) is 6.57. The first kappa shape index (κ1) is 8.14. The quantitative estimate of drug-likeness (QED) is 0.446. The van der Waals surface area contributed by atoms with E-state index in [1.54, 1.807) is 0 Å². The van der Waals surface area contributed by atoms with Crippen LogP contribution in [0.4, 0.5) is 0 Å². The van der Waals surface area contributed by atoms with Gasteiger partial charge in [0.15, 0.2) is 0 Å². The van der Waals surface area contributed by atoms with Crippen molar-refractivity contribution in [1.82, 2.24) is 0 Å². The lowest BCUT2D eigenvalue weighted by Crippen LogP contribution is -2.27. The van der Waals surface area contributed by atoms with E-state index in [2.05, 4.69) is 13.1 Å². The summed E-state index contributed by atoms with van der Waals surface area (Å²) in [6.45, 7) is 6.62. The van der Waals surface area contributed by atoms with Crippen LogP contribution < -0.4 is 0 Å². The molecule has 0 bridgehead atoms. The Hall–Kier alpha value is 0.137. The third-order valence-electron chi connectivity index (χ3n) is 0.908. The van der Waals surface area contributed by atoms with Gasteiger partial charge in [0.1, 0.15) is 5.91 Å². The topological polar surface area (TPSA) is 29.5 Å². The molecule has 0 spiro atoms. The van der Waals surface area contributed by atoms with E-state index in [1.807, 2.05) is 6.92 Å². The first-order chi connectivity index (χ1) is 3.68. The summed E-state index contributed by atoms with van der Waals surface area (Å²) in [7, 11) is -0.949. The van der Waals surface area contributed by atoms with Crippen LogP contribution in [0.25, 0.3) is 0 Å². The molecular weight excluding hydrogens is 120 g/mol. The maximum atomic E-state index is 8.97. The van der Waals surface area contributed by atoms with Crippen LogP contribution in [0.15, 0.2) is 0 Å². The van der Waals surface area contributed by atoms with Gasteiger partial charge in [-0.3, -0.25) is 0 Å². The zero-order valence-electron chi connectivity index (χ0n) is 5.72. The van der Waals surface area contributed by atoms with Gasteiger partial charge in [0.05, 0.1) is 8.80 Å². The number of aliphatic hydroxyl groups is 1. The lowest BCUT2D eigenvalue weighted by atomic mass is 10.9. The van der Waals surface area contributed by atoms with E-state index in [0.29, 0.717) is 6.61 Å². The molecule has 0 heterocycles. The normalized spacial score (nSPS) is 14.6. The summed E-state index contributed by atoms with van der Waals surface area (Å²) in [5, 5.41) is 8.97. The van der Waals surface area contributed by atoms with Crippen LogP contribution in [0.5, 0.6) is 0 Å². The molecule has 0 aliphatic heterocycles. The smallest absolute Gasteiger partial charge is 0.134 e. The molecule has 0 saturated heterocycles. The number of aliphatic hydroxyl groups excluding tert-OH is 1. The van der Waals surface area contributed by atoms with Gasteiger partial charge in [0.2, 0.25) is 0 Å². The maximum absolute atomic E-state index is 8.97. The first-order valence-electron chi connectivity index (χ1n) is 2.98. The van der Waals surface area contributed by atoms with Crippen molar-refractivity contribution in [3.8, 4) is 0 Å². The molecule has 0 fully saturated rings. The summed E-state index contributed by atoms with van der Waals surface area (Å²) < 4.78 is 4.92. The largest absolute Gasteiger partial charge is 0.372 e. The molecule has 0 rings (SSSR count). The predicted octanol–water partition coefficient (Wildman–Crippen LogP) is 0.367. The fourth-order valence-corrected chi connectivity index (χ4v) is 0.941. The molecule has 8 heavy (non-hydrogen) atoms. The minimum absolute atomic E-state index is 0.444. The molecule has 0 amide bonds. The van der Waals surface area contributed by atoms with Gasteiger partial charge in [-0.05, 0) is 6.92 Å². The van der Waals surface area contributed by atoms with Crippen molar-refractivity contribution in [1.29, 1.82) is 0 Å². The van der Waals surface area contributed by atoms with E-state index in [4.69, 9.17) is 9.84 Å². The number of rotatable bonds is 3. The average molecular weight is 134 g/mol. The summed E-state index contributed by atoms with van der Waals surface area (Å²) >= 11 is 0. The minimum atomic E-state index is -0.949. The van der Waals surface area contributed by atoms with Crippen molar-refractivity contribution in [2.24, 2.45) is 0 Å². The van der Waals surface area contributed by atoms with Gasteiger partial charge in [-0.1, -0.05) is 13.1 Å². The van der Waals surface area contributed by atoms with Crippen LogP contribution in [0, 0.1) is 0 Å². The minimum Gasteiger partial charge on any atom is -0.372 e. The third-order valence-corrected chi connectivity index (χ3v) is 2.24. The molecule has 1 unspecified atom stereocenters. The second-order valence-corrected chi connectivity index (χ2v) is 5.15. The van der Waals surface area contributed by atoms with Gasteiger partial charge in [-0.2, -0.15) is 0 Å². The predicted molar refractivity (Wildman–Crippen MR) is 36.5 cm³/mol. The molecule has 0 aromatic heterocycles. The molecule has 0 aliphatic carbocycles. The molecule has 0 aliphatic rings. The second kappa shape index (κ2) is 4.06. The van der Waals surface area contributed by atoms with E-state index < -0.39 is 14.7 Å². The fourth-order valence-electron chi connectivity index (χ4n) is 0.363. The molecule has 0 aromatic rings. The number of ether oxygens (including phenoxy) is 1. The highest BCUT2D eigenvalue weighted by atomic mass is 28.3. The molecule has 3 heteroatoms. The molecule has 0 aromatic carbocycles. The van der Waals surface area contributed by atoms with Crippen LogP contribution in [0.3, 0.4) is 0 Å². The second-order valence-electron chi connectivity index (χ2n) is 2.09. The Morgan fingerprint density at radius 2 is 2.12 bits per heavy atom. The highest BCUT2D eigenvalue weighted by molar-refractivity contribution is 6.56. The standard InChI is InChI=1S/C5H14O2Si/c1-4-7-5(6)8(2)3/h5-6,8H,4H2,1-3H3. The lowest BCUT2D eigenvalue weighted by molar-refractivity contribution is -0.0383. The monoisotopic (exact) mass is 134 g/mol. The van der Waals surface area contributed by atoms with Crippen LogP contribution >= 0.6 is 0 Å². The van der Waals surface area contributed by atoms with Crippen LogP contribution in [-0.2, 0) is 4.74 Å². The van der Waals surface area contributed by atoms with Crippen LogP contribution in [0.2, 0.25) is 13.1 Å². The van der Waals surface area contributed by atoms with Gasteiger partial charge in [-0.25, -0.2) is 0 Å². The van der Waals surface area contributed by atoms with Gasteiger partial charge >= 0.3 is 0 Å². The highest BCUT2D eigenvalue weighted by Crippen LogP contribution is 1.91. The summed E-state index contributed by atoms with van der Waals surface area (Å²) in [6, 6.07) is 0. The van der Waals surface area contributed by atoms with Crippen molar-refractivity contribution in [2.75, 3.05) is 6.61 Å². The Morgan fingerprint density at radius 3 is 2.25 bits per heavy atom. The van der Waals surface area contributed by atoms with Gasteiger partial charge in [0.25, 0.3) is 0 Å². The molecule has 2 nitrogen and oxygen atoms in total. The van der Waals surface area contributed by atoms with Gasteiger partial charge < -0.3 is 9.84 Å². The molecular formula is C5H14O2Si. The average Bonchev–Trinajstić information content (AvgIpc) is 1.67. The van der Waals surface area contributed by atoms with Crippen molar-refractivity contribution in [3.05, 3.63) is 0 Å². The van der Waals surface area contributed by atoms with Crippen molar-refractivity contribution < 1.29 is 9.84 Å². The SMILES string of the molecule is CCOC(O)[SiH](C)C. The Bertz CT molecular complexity index is 56.4. The summed E-state index contributed by atoms with van der Waals surface area (Å²) in [6.07, 6.45) is 0. The Morgan fingerprint density at radius 1 is 1.62 bits per heavy atom. The third kappa shape index (κ3) is 3.18. The van der Waals surface area contributed by atoms with Crippen LogP contribution in [-0.4, -0.2) is 26.4 Å². The molecule has 0 radical (unpaired) electrons. The highest BCUT2D eigenvalue weighted by Gasteiger charge is 2.07. The molecule has 50 valence electrons. The van der Waals surface area contributed by atoms with Crippen molar-refractivity contribution >= 4 is 8.80 Å². The Labute approximate surface area is 52.1 Å². The van der Waals surface area contributed by atoms with E-state index in [1.165, 1.54) is 0 Å². The molecule has 1 N–H and O–H groups in total. The van der Waals surface area contributed by atoms with E-state index in [9.17, 15) is 0 Å².